The third-order valence-corrected chi connectivity index (χ3v) is 5.64. The first-order valence-corrected chi connectivity index (χ1v) is 9.78. The van der Waals surface area contributed by atoms with Crippen molar-refractivity contribution in [3.05, 3.63) is 47.5 Å². The summed E-state index contributed by atoms with van der Waals surface area (Å²) in [6.45, 7) is 2.58. The van der Waals surface area contributed by atoms with E-state index in [1.54, 1.807) is 11.2 Å². The second kappa shape index (κ2) is 7.89. The molecule has 1 saturated carbocycles. The van der Waals surface area contributed by atoms with Gasteiger partial charge in [-0.25, -0.2) is 14.5 Å². The van der Waals surface area contributed by atoms with Crippen LogP contribution in [0.3, 0.4) is 0 Å². The Morgan fingerprint density at radius 1 is 1.12 bits per heavy atom. The van der Waals surface area contributed by atoms with Gasteiger partial charge in [0.1, 0.15) is 12.2 Å². The molecule has 1 aliphatic carbocycles. The fraction of sp³-hybridized carbons (Fsp3) is 0.550. The van der Waals surface area contributed by atoms with Crippen LogP contribution in [-0.2, 0) is 19.5 Å². The first kappa shape index (κ1) is 17.1. The molecule has 2 heterocycles. The van der Waals surface area contributed by atoms with Gasteiger partial charge in [-0.3, -0.25) is 0 Å². The summed E-state index contributed by atoms with van der Waals surface area (Å²) in [6.07, 6.45) is 9.20. The van der Waals surface area contributed by atoms with Gasteiger partial charge >= 0.3 is 6.03 Å². The topological polar surface area (TPSA) is 63.1 Å². The zero-order chi connectivity index (χ0) is 17.8. The molecule has 1 fully saturated rings. The van der Waals surface area contributed by atoms with Crippen LogP contribution in [0.2, 0.25) is 0 Å². The van der Waals surface area contributed by atoms with Crippen molar-refractivity contribution < 1.29 is 4.79 Å². The van der Waals surface area contributed by atoms with Gasteiger partial charge in [0, 0.05) is 13.1 Å². The van der Waals surface area contributed by atoms with Crippen molar-refractivity contribution in [2.45, 2.75) is 57.5 Å². The number of fused-ring (bicyclic) bond motifs is 1. The molecule has 138 valence electrons. The van der Waals surface area contributed by atoms with Crippen LogP contribution in [0.4, 0.5) is 4.79 Å². The number of nitrogens with zero attached hydrogens (tertiary/aromatic N) is 4. The van der Waals surface area contributed by atoms with Crippen LogP contribution < -0.4 is 5.32 Å². The number of carbonyl (C=O) groups is 1. The lowest BCUT2D eigenvalue weighted by molar-refractivity contribution is 0.180. The van der Waals surface area contributed by atoms with Gasteiger partial charge in [-0.1, -0.05) is 43.5 Å². The van der Waals surface area contributed by atoms with E-state index < -0.39 is 0 Å². The van der Waals surface area contributed by atoms with Crippen LogP contribution >= 0.6 is 0 Å². The van der Waals surface area contributed by atoms with E-state index in [1.807, 2.05) is 4.68 Å². The maximum Gasteiger partial charge on any atom is 0.317 e. The van der Waals surface area contributed by atoms with Crippen LogP contribution in [0.1, 0.15) is 55.0 Å². The standard InChI is InChI=1S/C20H27N5O/c26-20(24-12-13-25-19(14-24)22-15-23-25)21-11-10-16-6-8-18(9-7-16)17-4-2-1-3-5-17/h6-9,15,17H,1-5,10-14H2,(H,21,26). The van der Waals surface area contributed by atoms with E-state index in [2.05, 4.69) is 39.7 Å². The van der Waals surface area contributed by atoms with Crippen LogP contribution in [0, 0.1) is 0 Å². The Hall–Kier alpha value is -2.37. The van der Waals surface area contributed by atoms with E-state index in [0.29, 0.717) is 26.2 Å². The van der Waals surface area contributed by atoms with E-state index in [1.165, 1.54) is 43.2 Å². The van der Waals surface area contributed by atoms with Crippen LogP contribution in [0.5, 0.6) is 0 Å². The molecular weight excluding hydrogens is 326 g/mol. The molecule has 6 nitrogen and oxygen atoms in total. The van der Waals surface area contributed by atoms with Gasteiger partial charge in [-0.2, -0.15) is 5.10 Å². The highest BCUT2D eigenvalue weighted by atomic mass is 16.2. The SMILES string of the molecule is O=C(NCCc1ccc(C2CCCCC2)cc1)N1CCn2ncnc2C1. The summed E-state index contributed by atoms with van der Waals surface area (Å²) in [6, 6.07) is 8.99. The summed E-state index contributed by atoms with van der Waals surface area (Å²) in [5.74, 6) is 1.60. The molecule has 6 heteroatoms. The smallest absolute Gasteiger partial charge is 0.317 e. The molecule has 2 aliphatic rings. The van der Waals surface area contributed by atoms with Gasteiger partial charge < -0.3 is 10.2 Å². The van der Waals surface area contributed by atoms with E-state index in [4.69, 9.17) is 0 Å². The van der Waals surface area contributed by atoms with Crippen LogP contribution in [0.15, 0.2) is 30.6 Å². The summed E-state index contributed by atoms with van der Waals surface area (Å²) in [5, 5.41) is 7.17. The number of hydrogen-bond donors (Lipinski definition) is 1. The first-order valence-electron chi connectivity index (χ1n) is 9.78. The zero-order valence-electron chi connectivity index (χ0n) is 15.2. The summed E-state index contributed by atoms with van der Waals surface area (Å²) >= 11 is 0. The minimum atomic E-state index is -0.0157. The Labute approximate surface area is 154 Å². The molecule has 0 radical (unpaired) electrons. The zero-order valence-corrected chi connectivity index (χ0v) is 15.2. The van der Waals surface area contributed by atoms with Crippen molar-refractivity contribution >= 4 is 6.03 Å². The Balaban J connectivity index is 1.23. The molecule has 0 unspecified atom stereocenters. The van der Waals surface area contributed by atoms with Gasteiger partial charge in [-0.05, 0) is 36.3 Å². The number of amides is 2. The number of nitrogens with one attached hydrogen (secondary N) is 1. The molecule has 1 N–H and O–H groups in total. The number of carbonyl (C=O) groups excluding carboxylic acids is 1. The lowest BCUT2D eigenvalue weighted by atomic mass is 9.84. The van der Waals surface area contributed by atoms with Crippen molar-refractivity contribution in [2.24, 2.45) is 0 Å². The molecule has 26 heavy (non-hydrogen) atoms. The Kier molecular flexibility index (Phi) is 5.18. The average Bonchev–Trinajstić information content (AvgIpc) is 3.17. The first-order chi connectivity index (χ1) is 12.8. The molecule has 0 saturated heterocycles. The predicted molar refractivity (Wildman–Crippen MR) is 99.8 cm³/mol. The second-order valence-electron chi connectivity index (χ2n) is 7.38. The number of benzene rings is 1. The van der Waals surface area contributed by atoms with E-state index in [-0.39, 0.29) is 6.03 Å². The van der Waals surface area contributed by atoms with E-state index in [0.717, 1.165) is 18.2 Å². The van der Waals surface area contributed by atoms with Crippen molar-refractivity contribution in [3.8, 4) is 0 Å². The summed E-state index contributed by atoms with van der Waals surface area (Å²) in [4.78, 5) is 18.3. The maximum absolute atomic E-state index is 12.3. The molecule has 1 aromatic heterocycles. The third-order valence-electron chi connectivity index (χ3n) is 5.64. The molecule has 1 aliphatic heterocycles. The molecule has 2 amide bonds. The van der Waals surface area contributed by atoms with Crippen molar-refractivity contribution in [2.75, 3.05) is 13.1 Å². The Morgan fingerprint density at radius 3 is 2.73 bits per heavy atom. The fourth-order valence-corrected chi connectivity index (χ4v) is 4.05. The largest absolute Gasteiger partial charge is 0.338 e. The van der Waals surface area contributed by atoms with Crippen molar-refractivity contribution in [1.82, 2.24) is 25.0 Å². The highest BCUT2D eigenvalue weighted by molar-refractivity contribution is 5.74. The van der Waals surface area contributed by atoms with Gasteiger partial charge in [0.05, 0.1) is 13.1 Å². The van der Waals surface area contributed by atoms with Crippen LogP contribution in [0.25, 0.3) is 0 Å². The van der Waals surface area contributed by atoms with Gasteiger partial charge in [-0.15, -0.1) is 0 Å². The summed E-state index contributed by atoms with van der Waals surface area (Å²) < 4.78 is 1.86. The normalized spacial score (nSPS) is 17.8. The van der Waals surface area contributed by atoms with Gasteiger partial charge in [0.2, 0.25) is 0 Å². The molecule has 4 rings (SSSR count). The molecule has 2 aromatic rings. The fourth-order valence-electron chi connectivity index (χ4n) is 4.05. The lowest BCUT2D eigenvalue weighted by Crippen LogP contribution is -2.44. The molecular formula is C20H27N5O. The summed E-state index contributed by atoms with van der Waals surface area (Å²) in [7, 11) is 0. The number of urea groups is 1. The van der Waals surface area contributed by atoms with E-state index in [9.17, 15) is 4.79 Å². The minimum absolute atomic E-state index is 0.0157. The highest BCUT2D eigenvalue weighted by Crippen LogP contribution is 2.32. The monoisotopic (exact) mass is 353 g/mol. The lowest BCUT2D eigenvalue weighted by Gasteiger charge is -2.26. The van der Waals surface area contributed by atoms with E-state index >= 15 is 0 Å². The average molecular weight is 353 g/mol. The number of aromatic nitrogens is 3. The predicted octanol–water partition coefficient (Wildman–Crippen LogP) is 3.09. The highest BCUT2D eigenvalue weighted by Gasteiger charge is 2.21. The number of hydrogen-bond acceptors (Lipinski definition) is 3. The number of rotatable bonds is 4. The molecule has 0 spiro atoms. The maximum atomic E-state index is 12.3. The molecule has 1 aromatic carbocycles. The molecule has 0 bridgehead atoms. The minimum Gasteiger partial charge on any atom is -0.338 e. The second-order valence-corrected chi connectivity index (χ2v) is 7.38. The van der Waals surface area contributed by atoms with Gasteiger partial charge in [0.15, 0.2) is 0 Å². The van der Waals surface area contributed by atoms with Crippen molar-refractivity contribution in [1.29, 1.82) is 0 Å². The Bertz CT molecular complexity index is 733. The van der Waals surface area contributed by atoms with Gasteiger partial charge in [0.25, 0.3) is 0 Å². The third kappa shape index (κ3) is 3.89. The quantitative estimate of drug-likeness (QED) is 0.919. The molecule has 0 atom stereocenters. The summed E-state index contributed by atoms with van der Waals surface area (Å²) in [5.41, 5.74) is 2.76. The van der Waals surface area contributed by atoms with Crippen molar-refractivity contribution in [3.63, 3.8) is 0 Å². The van der Waals surface area contributed by atoms with Crippen LogP contribution in [-0.4, -0.2) is 38.8 Å². The Morgan fingerprint density at radius 2 is 1.92 bits per heavy atom.